The fourth-order valence-corrected chi connectivity index (χ4v) is 3.54. The van der Waals surface area contributed by atoms with E-state index >= 15 is 0 Å². The Kier molecular flexibility index (Phi) is 5.82. The van der Waals surface area contributed by atoms with Gasteiger partial charge in [-0.05, 0) is 37.9 Å². The molecule has 20 heavy (non-hydrogen) atoms. The third-order valence-corrected chi connectivity index (χ3v) is 4.69. The summed E-state index contributed by atoms with van der Waals surface area (Å²) in [4.78, 5) is 2.17. The molecule has 1 aromatic carbocycles. The Morgan fingerprint density at radius 3 is 2.65 bits per heavy atom. The molecule has 4 heteroatoms. The maximum Gasteiger partial charge on any atom is 0.129 e. The molecule has 0 spiro atoms. The molecule has 2 nitrogen and oxygen atoms in total. The zero-order valence-electron chi connectivity index (χ0n) is 12.1. The second-order valence-corrected chi connectivity index (χ2v) is 6.24. The van der Waals surface area contributed by atoms with E-state index in [2.05, 4.69) is 4.90 Å². The first-order valence-electron chi connectivity index (χ1n) is 7.47. The summed E-state index contributed by atoms with van der Waals surface area (Å²) in [6.07, 6.45) is 6.51. The molecular formula is C16H24ClFN2. The van der Waals surface area contributed by atoms with Gasteiger partial charge in [0.1, 0.15) is 5.82 Å². The lowest BCUT2D eigenvalue weighted by Crippen LogP contribution is -2.35. The van der Waals surface area contributed by atoms with Crippen LogP contribution >= 0.6 is 11.6 Å². The normalized spacial score (nSPS) is 18.4. The molecule has 0 heterocycles. The Labute approximate surface area is 126 Å². The molecule has 0 bridgehead atoms. The van der Waals surface area contributed by atoms with Gasteiger partial charge >= 0.3 is 0 Å². The van der Waals surface area contributed by atoms with Crippen LogP contribution in [0.5, 0.6) is 0 Å². The van der Waals surface area contributed by atoms with Gasteiger partial charge in [0.15, 0.2) is 0 Å². The third-order valence-electron chi connectivity index (χ3n) is 4.36. The van der Waals surface area contributed by atoms with Crippen LogP contribution in [0.1, 0.15) is 43.7 Å². The highest BCUT2D eigenvalue weighted by Gasteiger charge is 2.24. The van der Waals surface area contributed by atoms with Gasteiger partial charge < -0.3 is 5.73 Å². The van der Waals surface area contributed by atoms with Gasteiger partial charge in [-0.1, -0.05) is 36.9 Å². The van der Waals surface area contributed by atoms with E-state index in [0.29, 0.717) is 23.0 Å². The summed E-state index contributed by atoms with van der Waals surface area (Å²) >= 11 is 6.17. The fraction of sp³-hybridized carbons (Fsp3) is 0.625. The van der Waals surface area contributed by atoms with Gasteiger partial charge in [-0.25, -0.2) is 4.39 Å². The number of hydrogen-bond acceptors (Lipinski definition) is 2. The van der Waals surface area contributed by atoms with E-state index in [1.54, 1.807) is 12.1 Å². The average Bonchev–Trinajstić information content (AvgIpc) is 2.44. The van der Waals surface area contributed by atoms with Gasteiger partial charge in [-0.3, -0.25) is 4.90 Å². The number of likely N-dealkylation sites (N-methyl/N-ethyl adjacent to an activating group) is 1. The molecular weight excluding hydrogens is 275 g/mol. The average molecular weight is 299 g/mol. The maximum atomic E-state index is 14.1. The van der Waals surface area contributed by atoms with Gasteiger partial charge in [0.25, 0.3) is 0 Å². The maximum absolute atomic E-state index is 14.1. The van der Waals surface area contributed by atoms with E-state index in [1.165, 1.54) is 38.2 Å². The Morgan fingerprint density at radius 1 is 1.35 bits per heavy atom. The minimum absolute atomic E-state index is 0.148. The van der Waals surface area contributed by atoms with Crippen molar-refractivity contribution in [3.63, 3.8) is 0 Å². The summed E-state index contributed by atoms with van der Waals surface area (Å²) in [6.45, 7) is 1.34. The van der Waals surface area contributed by atoms with E-state index in [1.807, 2.05) is 7.05 Å². The predicted octanol–water partition coefficient (Wildman–Crippen LogP) is 3.99. The van der Waals surface area contributed by atoms with Crippen molar-refractivity contribution in [3.05, 3.63) is 34.6 Å². The van der Waals surface area contributed by atoms with E-state index < -0.39 is 0 Å². The largest absolute Gasteiger partial charge is 0.329 e. The molecule has 2 rings (SSSR count). The van der Waals surface area contributed by atoms with Crippen LogP contribution in [-0.4, -0.2) is 25.0 Å². The smallest absolute Gasteiger partial charge is 0.129 e. The monoisotopic (exact) mass is 298 g/mol. The Bertz CT molecular complexity index is 412. The van der Waals surface area contributed by atoms with Crippen LogP contribution in [-0.2, 0) is 0 Å². The SMILES string of the molecule is CN(CC1CCCCC1)C(CN)c1c(F)cccc1Cl. The first kappa shape index (κ1) is 15.7. The van der Waals surface area contributed by atoms with Crippen LogP contribution in [0.3, 0.4) is 0 Å². The summed E-state index contributed by atoms with van der Waals surface area (Å²) in [5.41, 5.74) is 6.42. The third kappa shape index (κ3) is 3.72. The topological polar surface area (TPSA) is 29.3 Å². The van der Waals surface area contributed by atoms with Crippen molar-refractivity contribution in [1.29, 1.82) is 0 Å². The first-order chi connectivity index (χ1) is 9.63. The Morgan fingerprint density at radius 2 is 2.05 bits per heavy atom. The molecule has 112 valence electrons. The summed E-state index contributed by atoms with van der Waals surface area (Å²) in [6, 6.07) is 4.68. The minimum Gasteiger partial charge on any atom is -0.329 e. The molecule has 0 saturated heterocycles. The highest BCUT2D eigenvalue weighted by molar-refractivity contribution is 6.31. The van der Waals surface area contributed by atoms with E-state index in [4.69, 9.17) is 17.3 Å². The van der Waals surface area contributed by atoms with E-state index in [9.17, 15) is 4.39 Å². The van der Waals surface area contributed by atoms with Crippen LogP contribution in [0, 0.1) is 11.7 Å². The zero-order chi connectivity index (χ0) is 14.5. The molecule has 1 atom stereocenters. The van der Waals surface area contributed by atoms with Crippen molar-refractivity contribution in [2.45, 2.75) is 38.1 Å². The lowest BCUT2D eigenvalue weighted by atomic mass is 9.88. The molecule has 0 aliphatic heterocycles. The van der Waals surface area contributed by atoms with Crippen LogP contribution in [0.4, 0.5) is 4.39 Å². The molecule has 1 unspecified atom stereocenters. The predicted molar refractivity (Wildman–Crippen MR) is 82.4 cm³/mol. The number of hydrogen-bond donors (Lipinski definition) is 1. The molecule has 0 amide bonds. The molecule has 1 aromatic rings. The van der Waals surface area contributed by atoms with Crippen LogP contribution in [0.15, 0.2) is 18.2 Å². The second-order valence-electron chi connectivity index (χ2n) is 5.83. The second kappa shape index (κ2) is 7.39. The zero-order valence-corrected chi connectivity index (χ0v) is 12.9. The van der Waals surface area contributed by atoms with Crippen molar-refractivity contribution >= 4 is 11.6 Å². The number of nitrogens with two attached hydrogens (primary N) is 1. The molecule has 0 aromatic heterocycles. The molecule has 1 aliphatic carbocycles. The highest BCUT2D eigenvalue weighted by atomic mass is 35.5. The fourth-order valence-electron chi connectivity index (χ4n) is 3.25. The summed E-state index contributed by atoms with van der Waals surface area (Å²) in [5, 5.41) is 0.468. The van der Waals surface area contributed by atoms with Crippen LogP contribution in [0.25, 0.3) is 0 Å². The van der Waals surface area contributed by atoms with Crippen molar-refractivity contribution in [1.82, 2.24) is 4.90 Å². The molecule has 0 radical (unpaired) electrons. The van der Waals surface area contributed by atoms with Gasteiger partial charge in [0.2, 0.25) is 0 Å². The number of rotatable bonds is 5. The summed E-state index contributed by atoms with van der Waals surface area (Å²) < 4.78 is 14.1. The van der Waals surface area contributed by atoms with Crippen LogP contribution < -0.4 is 5.73 Å². The standard InChI is InChI=1S/C16H24ClFN2/c1-20(11-12-6-3-2-4-7-12)15(10-19)16-13(17)8-5-9-14(16)18/h5,8-9,12,15H,2-4,6-7,10-11,19H2,1H3. The number of nitrogens with zero attached hydrogens (tertiary/aromatic N) is 1. The lowest BCUT2D eigenvalue weighted by molar-refractivity contribution is 0.183. The minimum atomic E-state index is -0.261. The number of benzene rings is 1. The first-order valence-corrected chi connectivity index (χ1v) is 7.85. The molecule has 1 saturated carbocycles. The van der Waals surface area contributed by atoms with Gasteiger partial charge in [-0.15, -0.1) is 0 Å². The Hall–Kier alpha value is -0.640. The summed E-state index contributed by atoms with van der Waals surface area (Å²) in [5.74, 6) is 0.441. The quantitative estimate of drug-likeness (QED) is 0.890. The molecule has 1 fully saturated rings. The van der Waals surface area contributed by atoms with Crippen molar-refractivity contribution in [2.24, 2.45) is 11.7 Å². The lowest BCUT2D eigenvalue weighted by Gasteiger charge is -2.33. The van der Waals surface area contributed by atoms with Crippen LogP contribution in [0.2, 0.25) is 5.02 Å². The molecule has 1 aliphatic rings. The Balaban J connectivity index is 2.10. The molecule has 2 N–H and O–H groups in total. The highest BCUT2D eigenvalue weighted by Crippen LogP contribution is 2.31. The van der Waals surface area contributed by atoms with E-state index in [0.717, 1.165) is 6.54 Å². The number of halogens is 2. The van der Waals surface area contributed by atoms with Crippen molar-refractivity contribution in [3.8, 4) is 0 Å². The van der Waals surface area contributed by atoms with Gasteiger partial charge in [-0.2, -0.15) is 0 Å². The van der Waals surface area contributed by atoms with Crippen molar-refractivity contribution in [2.75, 3.05) is 20.1 Å². The van der Waals surface area contributed by atoms with Gasteiger partial charge in [0, 0.05) is 23.7 Å². The van der Waals surface area contributed by atoms with Gasteiger partial charge in [0.05, 0.1) is 6.04 Å². The summed E-state index contributed by atoms with van der Waals surface area (Å²) in [7, 11) is 2.02. The van der Waals surface area contributed by atoms with E-state index in [-0.39, 0.29) is 11.9 Å². The van der Waals surface area contributed by atoms with Crippen molar-refractivity contribution < 1.29 is 4.39 Å².